The van der Waals surface area contributed by atoms with E-state index in [9.17, 15) is 0 Å². The third-order valence-electron chi connectivity index (χ3n) is 2.41. The maximum Gasteiger partial charge on any atom is 0.101 e. The van der Waals surface area contributed by atoms with Crippen LogP contribution in [0.15, 0.2) is 30.0 Å². The molecule has 1 N–H and O–H groups in total. The average Bonchev–Trinajstić information content (AvgIpc) is 2.90. The molecule has 5 heteroatoms. The van der Waals surface area contributed by atoms with Gasteiger partial charge in [0, 0.05) is 30.2 Å². The summed E-state index contributed by atoms with van der Waals surface area (Å²) >= 11 is 1.64. The minimum absolute atomic E-state index is 0.321. The van der Waals surface area contributed by atoms with Gasteiger partial charge in [-0.3, -0.25) is 4.98 Å². The van der Waals surface area contributed by atoms with Crippen molar-refractivity contribution < 1.29 is 0 Å². The molecule has 2 heterocycles. The predicted molar refractivity (Wildman–Crippen MR) is 68.0 cm³/mol. The Balaban J connectivity index is 2.01. The fourth-order valence-corrected chi connectivity index (χ4v) is 2.16. The van der Waals surface area contributed by atoms with Crippen LogP contribution < -0.4 is 5.32 Å². The molecule has 0 amide bonds. The van der Waals surface area contributed by atoms with Gasteiger partial charge in [0.2, 0.25) is 0 Å². The highest BCUT2D eigenvalue weighted by Crippen LogP contribution is 2.19. The van der Waals surface area contributed by atoms with Crippen LogP contribution in [0, 0.1) is 11.3 Å². The molecule has 1 unspecified atom stereocenters. The fraction of sp³-hybridized carbons (Fsp3) is 0.250. The van der Waals surface area contributed by atoms with Crippen molar-refractivity contribution in [2.24, 2.45) is 0 Å². The first-order chi connectivity index (χ1) is 8.31. The summed E-state index contributed by atoms with van der Waals surface area (Å²) in [6, 6.07) is 3.84. The SMILES string of the molecule is CC(CNc1cnccc1C#N)c1nccs1. The van der Waals surface area contributed by atoms with Crippen molar-refractivity contribution in [2.75, 3.05) is 11.9 Å². The Morgan fingerprint density at radius 3 is 3.12 bits per heavy atom. The second-order valence-electron chi connectivity index (χ2n) is 3.69. The topological polar surface area (TPSA) is 61.6 Å². The number of hydrogen-bond acceptors (Lipinski definition) is 5. The van der Waals surface area contributed by atoms with E-state index in [4.69, 9.17) is 5.26 Å². The molecule has 2 aromatic rings. The van der Waals surface area contributed by atoms with Crippen LogP contribution in [0.5, 0.6) is 0 Å². The Morgan fingerprint density at radius 2 is 2.41 bits per heavy atom. The van der Waals surface area contributed by atoms with Crippen LogP contribution in [0.2, 0.25) is 0 Å². The first kappa shape index (κ1) is 11.6. The number of nitrogens with zero attached hydrogens (tertiary/aromatic N) is 3. The Labute approximate surface area is 104 Å². The Morgan fingerprint density at radius 1 is 1.53 bits per heavy atom. The molecule has 0 saturated carbocycles. The zero-order valence-electron chi connectivity index (χ0n) is 9.42. The molecular weight excluding hydrogens is 232 g/mol. The molecule has 0 aromatic carbocycles. The van der Waals surface area contributed by atoms with E-state index in [0.717, 1.165) is 17.2 Å². The largest absolute Gasteiger partial charge is 0.382 e. The Hall–Kier alpha value is -1.93. The maximum absolute atomic E-state index is 8.94. The summed E-state index contributed by atoms with van der Waals surface area (Å²) in [5, 5.41) is 15.2. The van der Waals surface area contributed by atoms with Gasteiger partial charge < -0.3 is 5.32 Å². The van der Waals surface area contributed by atoms with Gasteiger partial charge in [-0.05, 0) is 6.07 Å². The highest BCUT2D eigenvalue weighted by atomic mass is 32.1. The number of nitrogens with one attached hydrogen (secondary N) is 1. The third kappa shape index (κ3) is 2.80. The summed E-state index contributed by atoms with van der Waals surface area (Å²) in [7, 11) is 0. The lowest BCUT2D eigenvalue weighted by Crippen LogP contribution is -2.10. The molecule has 0 saturated heterocycles. The molecule has 0 aliphatic heterocycles. The third-order valence-corrected chi connectivity index (χ3v) is 3.42. The van der Waals surface area contributed by atoms with Gasteiger partial charge in [0.1, 0.15) is 6.07 Å². The fourth-order valence-electron chi connectivity index (χ4n) is 1.46. The van der Waals surface area contributed by atoms with Crippen molar-refractivity contribution in [1.29, 1.82) is 5.26 Å². The van der Waals surface area contributed by atoms with E-state index in [1.54, 1.807) is 36.0 Å². The lowest BCUT2D eigenvalue weighted by molar-refractivity contribution is 0.794. The van der Waals surface area contributed by atoms with Gasteiger partial charge in [-0.1, -0.05) is 6.92 Å². The van der Waals surface area contributed by atoms with Gasteiger partial charge in [-0.15, -0.1) is 11.3 Å². The predicted octanol–water partition coefficient (Wildman–Crippen LogP) is 2.63. The first-order valence-electron chi connectivity index (χ1n) is 5.28. The standard InChI is InChI=1S/C12H12N4S/c1-9(12-15-4-5-17-12)7-16-11-8-14-3-2-10(11)6-13/h2-5,8-9,16H,7H2,1H3. The lowest BCUT2D eigenvalue weighted by atomic mass is 10.2. The molecule has 0 fully saturated rings. The Bertz CT molecular complexity index is 516. The van der Waals surface area contributed by atoms with Crippen molar-refractivity contribution in [2.45, 2.75) is 12.8 Å². The molecule has 86 valence electrons. The molecule has 1 atom stereocenters. The summed E-state index contributed by atoms with van der Waals surface area (Å²) in [6.07, 6.45) is 5.10. The quantitative estimate of drug-likeness (QED) is 0.898. The van der Waals surface area contributed by atoms with E-state index in [1.165, 1.54) is 0 Å². The van der Waals surface area contributed by atoms with Crippen LogP contribution in [0.1, 0.15) is 23.4 Å². The number of anilines is 1. The van der Waals surface area contributed by atoms with Gasteiger partial charge in [0.25, 0.3) is 0 Å². The van der Waals surface area contributed by atoms with Gasteiger partial charge in [0.05, 0.1) is 22.5 Å². The number of nitriles is 1. The maximum atomic E-state index is 8.94. The number of rotatable bonds is 4. The molecule has 0 spiro atoms. The molecule has 17 heavy (non-hydrogen) atoms. The van der Waals surface area contributed by atoms with Crippen LogP contribution in [0.25, 0.3) is 0 Å². The number of aromatic nitrogens is 2. The molecule has 2 aromatic heterocycles. The van der Waals surface area contributed by atoms with Crippen molar-refractivity contribution in [3.8, 4) is 6.07 Å². The van der Waals surface area contributed by atoms with E-state index < -0.39 is 0 Å². The summed E-state index contributed by atoms with van der Waals surface area (Å²) in [5.41, 5.74) is 1.39. The molecular formula is C12H12N4S. The van der Waals surface area contributed by atoms with E-state index in [-0.39, 0.29) is 0 Å². The van der Waals surface area contributed by atoms with Crippen molar-refractivity contribution in [3.05, 3.63) is 40.6 Å². The van der Waals surface area contributed by atoms with Crippen LogP contribution in [-0.2, 0) is 0 Å². The molecule has 2 rings (SSSR count). The van der Waals surface area contributed by atoms with Crippen molar-refractivity contribution in [3.63, 3.8) is 0 Å². The van der Waals surface area contributed by atoms with E-state index in [1.807, 2.05) is 5.38 Å². The minimum Gasteiger partial charge on any atom is -0.382 e. The minimum atomic E-state index is 0.321. The highest BCUT2D eigenvalue weighted by molar-refractivity contribution is 7.09. The summed E-state index contributed by atoms with van der Waals surface area (Å²) in [4.78, 5) is 8.28. The van der Waals surface area contributed by atoms with Crippen LogP contribution in [0.4, 0.5) is 5.69 Å². The second kappa shape index (κ2) is 5.41. The second-order valence-corrected chi connectivity index (χ2v) is 4.61. The smallest absolute Gasteiger partial charge is 0.101 e. The van der Waals surface area contributed by atoms with E-state index in [2.05, 4.69) is 28.3 Å². The number of hydrogen-bond donors (Lipinski definition) is 1. The Kier molecular flexibility index (Phi) is 3.68. The number of pyridine rings is 1. The lowest BCUT2D eigenvalue weighted by Gasteiger charge is -2.11. The van der Waals surface area contributed by atoms with Gasteiger partial charge >= 0.3 is 0 Å². The molecule has 4 nitrogen and oxygen atoms in total. The number of thiazole rings is 1. The van der Waals surface area contributed by atoms with Gasteiger partial charge in [0.15, 0.2) is 0 Å². The van der Waals surface area contributed by atoms with E-state index in [0.29, 0.717) is 11.5 Å². The summed E-state index contributed by atoms with van der Waals surface area (Å²) in [6.45, 7) is 2.85. The average molecular weight is 244 g/mol. The van der Waals surface area contributed by atoms with Gasteiger partial charge in [-0.2, -0.15) is 5.26 Å². The van der Waals surface area contributed by atoms with Crippen molar-refractivity contribution in [1.82, 2.24) is 9.97 Å². The molecule has 0 bridgehead atoms. The zero-order chi connectivity index (χ0) is 12.1. The van der Waals surface area contributed by atoms with E-state index >= 15 is 0 Å². The van der Waals surface area contributed by atoms with Crippen molar-refractivity contribution >= 4 is 17.0 Å². The van der Waals surface area contributed by atoms with Crippen LogP contribution in [-0.4, -0.2) is 16.5 Å². The van der Waals surface area contributed by atoms with Crippen LogP contribution >= 0.6 is 11.3 Å². The molecule has 0 radical (unpaired) electrons. The zero-order valence-corrected chi connectivity index (χ0v) is 10.2. The van der Waals surface area contributed by atoms with Crippen LogP contribution in [0.3, 0.4) is 0 Å². The molecule has 0 aliphatic carbocycles. The van der Waals surface area contributed by atoms with Gasteiger partial charge in [-0.25, -0.2) is 4.98 Å². The molecule has 0 aliphatic rings. The first-order valence-corrected chi connectivity index (χ1v) is 6.16. The highest BCUT2D eigenvalue weighted by Gasteiger charge is 2.09. The summed E-state index contributed by atoms with van der Waals surface area (Å²) < 4.78 is 0. The monoisotopic (exact) mass is 244 g/mol. The normalized spacial score (nSPS) is 11.8. The summed E-state index contributed by atoms with van der Waals surface area (Å²) in [5.74, 6) is 0.321.